The van der Waals surface area contributed by atoms with Crippen LogP contribution in [0.1, 0.15) is 11.1 Å². The predicted molar refractivity (Wildman–Crippen MR) is 80.6 cm³/mol. The van der Waals surface area contributed by atoms with Crippen LogP contribution in [-0.2, 0) is 0 Å². The highest BCUT2D eigenvalue weighted by molar-refractivity contribution is 5.81. The van der Waals surface area contributed by atoms with Crippen LogP contribution in [0.3, 0.4) is 0 Å². The summed E-state index contributed by atoms with van der Waals surface area (Å²) in [6, 6.07) is 7.27. The third-order valence-electron chi connectivity index (χ3n) is 2.53. The van der Waals surface area contributed by atoms with Crippen LogP contribution in [0.5, 0.6) is 0 Å². The van der Waals surface area contributed by atoms with E-state index in [2.05, 4.69) is 40.3 Å². The largest absolute Gasteiger partial charge is 0.287 e. The summed E-state index contributed by atoms with van der Waals surface area (Å²) >= 11 is 0. The molecule has 8 heteroatoms. The minimum atomic E-state index is 0.166. The van der Waals surface area contributed by atoms with Crippen molar-refractivity contribution in [1.29, 1.82) is 0 Å². The Labute approximate surface area is 125 Å². The van der Waals surface area contributed by atoms with Gasteiger partial charge in [0.1, 0.15) is 0 Å². The normalized spacial score (nSPS) is 11.3. The molecule has 0 bridgehead atoms. The molecule has 0 fully saturated rings. The van der Waals surface area contributed by atoms with E-state index in [4.69, 9.17) is 0 Å². The van der Waals surface area contributed by atoms with Gasteiger partial charge in [0.05, 0.1) is 0 Å². The average molecular weight is 290 g/mol. The second-order valence-electron chi connectivity index (χ2n) is 4.08. The van der Waals surface area contributed by atoms with Crippen molar-refractivity contribution in [3.05, 3.63) is 60.2 Å². The highest BCUT2D eigenvalue weighted by Crippen LogP contribution is 2.04. The molecular weight excluding hydrogens is 280 g/mol. The molecule has 0 aliphatic carbocycles. The molecule has 8 nitrogen and oxygen atoms in total. The van der Waals surface area contributed by atoms with Gasteiger partial charge in [-0.05, 0) is 35.4 Å². The zero-order valence-electron chi connectivity index (χ0n) is 11.4. The molecule has 3 aromatic rings. The molecule has 0 aliphatic heterocycles. The lowest BCUT2D eigenvalue weighted by atomic mass is 10.3. The number of aliphatic imine (C=N–C) groups is 2. The van der Waals surface area contributed by atoms with Gasteiger partial charge in [0.25, 0.3) is 11.9 Å². The van der Waals surface area contributed by atoms with E-state index < -0.39 is 0 Å². The molecule has 0 saturated carbocycles. The first kappa shape index (κ1) is 13.6. The lowest BCUT2D eigenvalue weighted by molar-refractivity contribution is 0.856. The van der Waals surface area contributed by atoms with Crippen LogP contribution in [-0.4, -0.2) is 42.8 Å². The summed E-state index contributed by atoms with van der Waals surface area (Å²) in [5, 5.41) is 15.4. The summed E-state index contributed by atoms with van der Waals surface area (Å²) in [5.41, 5.74) is 1.77. The number of nitrogens with zero attached hydrogens (tertiary/aromatic N) is 8. The van der Waals surface area contributed by atoms with Gasteiger partial charge in [-0.1, -0.05) is 0 Å². The van der Waals surface area contributed by atoms with Gasteiger partial charge in [-0.2, -0.15) is 0 Å². The van der Waals surface area contributed by atoms with E-state index in [-0.39, 0.29) is 11.9 Å². The molecule has 0 aliphatic rings. The van der Waals surface area contributed by atoms with E-state index in [9.17, 15) is 0 Å². The number of aromatic nitrogens is 6. The van der Waals surface area contributed by atoms with Crippen LogP contribution < -0.4 is 0 Å². The van der Waals surface area contributed by atoms with E-state index in [1.54, 1.807) is 37.2 Å². The summed E-state index contributed by atoms with van der Waals surface area (Å²) in [5.74, 6) is 0.333. The second-order valence-corrected chi connectivity index (χ2v) is 4.08. The van der Waals surface area contributed by atoms with Crippen molar-refractivity contribution in [3.8, 4) is 0 Å². The lowest BCUT2D eigenvalue weighted by Gasteiger charge is -1.92. The Hall–Kier alpha value is -3.42. The van der Waals surface area contributed by atoms with Gasteiger partial charge in [0, 0.05) is 37.2 Å². The third-order valence-corrected chi connectivity index (χ3v) is 2.53. The van der Waals surface area contributed by atoms with Crippen LogP contribution >= 0.6 is 0 Å². The van der Waals surface area contributed by atoms with Crippen molar-refractivity contribution in [2.24, 2.45) is 9.98 Å². The number of pyridine rings is 2. The standard InChI is InChI=1S/C14H10N8/c1-5-15-6-2-11(1)9-17-13-19-21-14(22-20-13)18-10-12-3-7-16-8-4-12/h1-10H/b17-9+,18-10+. The molecular formula is C14H10N8. The fourth-order valence-corrected chi connectivity index (χ4v) is 1.49. The summed E-state index contributed by atoms with van der Waals surface area (Å²) in [6.45, 7) is 0. The molecule has 0 aromatic carbocycles. The molecule has 0 amide bonds. The van der Waals surface area contributed by atoms with Gasteiger partial charge in [0.15, 0.2) is 0 Å². The molecule has 22 heavy (non-hydrogen) atoms. The molecule has 0 atom stereocenters. The van der Waals surface area contributed by atoms with Gasteiger partial charge in [-0.15, -0.1) is 20.4 Å². The maximum Gasteiger partial charge on any atom is 0.287 e. The monoisotopic (exact) mass is 290 g/mol. The van der Waals surface area contributed by atoms with Crippen LogP contribution in [0.4, 0.5) is 11.9 Å². The highest BCUT2D eigenvalue weighted by atomic mass is 15.4. The molecule has 0 spiro atoms. The Kier molecular flexibility index (Phi) is 4.22. The average Bonchev–Trinajstić information content (AvgIpc) is 2.61. The van der Waals surface area contributed by atoms with E-state index in [1.165, 1.54) is 0 Å². The fraction of sp³-hybridized carbons (Fsp3) is 0. The van der Waals surface area contributed by atoms with Gasteiger partial charge in [0.2, 0.25) is 0 Å². The number of hydrogen-bond acceptors (Lipinski definition) is 8. The van der Waals surface area contributed by atoms with E-state index in [1.807, 2.05) is 24.3 Å². The van der Waals surface area contributed by atoms with Crippen molar-refractivity contribution in [1.82, 2.24) is 30.4 Å². The van der Waals surface area contributed by atoms with Crippen molar-refractivity contribution in [2.45, 2.75) is 0 Å². The Morgan fingerprint density at radius 2 is 0.955 bits per heavy atom. The summed E-state index contributed by atoms with van der Waals surface area (Å²) in [7, 11) is 0. The highest BCUT2D eigenvalue weighted by Gasteiger charge is 1.97. The second kappa shape index (κ2) is 6.84. The smallest absolute Gasteiger partial charge is 0.265 e. The Morgan fingerprint density at radius 3 is 1.32 bits per heavy atom. The van der Waals surface area contributed by atoms with Gasteiger partial charge >= 0.3 is 0 Å². The zero-order chi connectivity index (χ0) is 15.0. The SMILES string of the molecule is C(=N\c1nnc(/N=C/c2ccncc2)nn1)/c1ccncc1. The van der Waals surface area contributed by atoms with Crippen molar-refractivity contribution >= 4 is 24.3 Å². The minimum Gasteiger partial charge on any atom is -0.265 e. The van der Waals surface area contributed by atoms with Crippen LogP contribution in [0.2, 0.25) is 0 Å². The van der Waals surface area contributed by atoms with Crippen molar-refractivity contribution in [2.75, 3.05) is 0 Å². The lowest BCUT2D eigenvalue weighted by Crippen LogP contribution is -1.92. The van der Waals surface area contributed by atoms with E-state index >= 15 is 0 Å². The van der Waals surface area contributed by atoms with E-state index in [0.29, 0.717) is 0 Å². The Bertz CT molecular complexity index is 700. The number of rotatable bonds is 4. The quantitative estimate of drug-likeness (QED) is 0.675. The zero-order valence-corrected chi connectivity index (χ0v) is 11.4. The molecule has 3 aromatic heterocycles. The predicted octanol–water partition coefficient (Wildman–Crippen LogP) is 1.56. The maximum absolute atomic E-state index is 4.08. The van der Waals surface area contributed by atoms with E-state index in [0.717, 1.165) is 11.1 Å². The summed E-state index contributed by atoms with van der Waals surface area (Å²) in [6.07, 6.45) is 9.93. The molecule has 3 rings (SSSR count). The fourth-order valence-electron chi connectivity index (χ4n) is 1.49. The molecule has 3 heterocycles. The Morgan fingerprint density at radius 1 is 0.591 bits per heavy atom. The first-order valence-electron chi connectivity index (χ1n) is 6.36. The molecule has 0 saturated heterocycles. The number of hydrogen-bond donors (Lipinski definition) is 0. The topological polar surface area (TPSA) is 102 Å². The third kappa shape index (κ3) is 3.79. The summed E-state index contributed by atoms with van der Waals surface area (Å²) < 4.78 is 0. The maximum atomic E-state index is 4.08. The minimum absolute atomic E-state index is 0.166. The van der Waals surface area contributed by atoms with Crippen LogP contribution in [0.15, 0.2) is 59.0 Å². The van der Waals surface area contributed by atoms with Crippen molar-refractivity contribution in [3.63, 3.8) is 0 Å². The van der Waals surface area contributed by atoms with Crippen molar-refractivity contribution < 1.29 is 0 Å². The van der Waals surface area contributed by atoms with Gasteiger partial charge in [-0.25, -0.2) is 9.98 Å². The van der Waals surface area contributed by atoms with Gasteiger partial charge < -0.3 is 0 Å². The Balaban J connectivity index is 1.68. The van der Waals surface area contributed by atoms with Crippen LogP contribution in [0.25, 0.3) is 0 Å². The molecule has 106 valence electrons. The van der Waals surface area contributed by atoms with Gasteiger partial charge in [-0.3, -0.25) is 9.97 Å². The molecule has 0 unspecified atom stereocenters. The first-order chi connectivity index (χ1) is 10.9. The first-order valence-corrected chi connectivity index (χ1v) is 6.36. The molecule has 0 radical (unpaired) electrons. The summed E-state index contributed by atoms with van der Waals surface area (Å²) in [4.78, 5) is 16.0. The molecule has 0 N–H and O–H groups in total. The van der Waals surface area contributed by atoms with Crippen LogP contribution in [0, 0.1) is 0 Å².